The Morgan fingerprint density at radius 3 is 3.09 bits per heavy atom. The van der Waals surface area contributed by atoms with Gasteiger partial charge >= 0.3 is 0 Å². The van der Waals surface area contributed by atoms with Gasteiger partial charge in [0, 0.05) is 38.7 Å². The predicted molar refractivity (Wildman–Crippen MR) is 81.3 cm³/mol. The van der Waals surface area contributed by atoms with E-state index in [9.17, 15) is 4.79 Å². The molecule has 1 aromatic heterocycles. The van der Waals surface area contributed by atoms with Crippen molar-refractivity contribution in [3.8, 4) is 11.3 Å². The molecule has 3 rings (SSSR count). The first kappa shape index (κ1) is 14.7. The summed E-state index contributed by atoms with van der Waals surface area (Å²) in [6, 6.07) is 7.72. The van der Waals surface area contributed by atoms with Gasteiger partial charge in [-0.15, -0.1) is 0 Å². The molecule has 0 spiro atoms. The van der Waals surface area contributed by atoms with E-state index < -0.39 is 0 Å². The van der Waals surface area contributed by atoms with Crippen molar-refractivity contribution >= 4 is 5.91 Å². The van der Waals surface area contributed by atoms with E-state index >= 15 is 0 Å². The number of ether oxygens (including phenoxy) is 1. The summed E-state index contributed by atoms with van der Waals surface area (Å²) in [4.78, 5) is 14.5. The average Bonchev–Trinajstić information content (AvgIpc) is 2.99. The molecule has 1 aromatic carbocycles. The molecule has 0 radical (unpaired) electrons. The number of rotatable bonds is 5. The number of nitrogens with zero attached hydrogens (tertiary/aromatic N) is 2. The number of fused-ring (bicyclic) bond motifs is 1. The zero-order valence-corrected chi connectivity index (χ0v) is 12.5. The zero-order valence-electron chi connectivity index (χ0n) is 12.5. The first-order chi connectivity index (χ1) is 10.7. The fourth-order valence-electron chi connectivity index (χ4n) is 2.67. The molecule has 2 N–H and O–H groups in total. The lowest BCUT2D eigenvalue weighted by Gasteiger charge is -2.25. The first-order valence-electron chi connectivity index (χ1n) is 7.30. The van der Waals surface area contributed by atoms with Gasteiger partial charge in [-0.2, -0.15) is 0 Å². The molecule has 1 amide bonds. The third-order valence-electron chi connectivity index (χ3n) is 3.87. The Kier molecular flexibility index (Phi) is 4.22. The molecule has 0 saturated heterocycles. The van der Waals surface area contributed by atoms with Crippen LogP contribution in [-0.2, 0) is 17.7 Å². The van der Waals surface area contributed by atoms with Crippen molar-refractivity contribution in [1.29, 1.82) is 0 Å². The second-order valence-corrected chi connectivity index (χ2v) is 5.27. The molecule has 116 valence electrons. The van der Waals surface area contributed by atoms with Gasteiger partial charge in [-0.05, 0) is 11.6 Å². The highest BCUT2D eigenvalue weighted by Crippen LogP contribution is 2.30. The van der Waals surface area contributed by atoms with Crippen LogP contribution >= 0.6 is 0 Å². The zero-order chi connectivity index (χ0) is 15.5. The van der Waals surface area contributed by atoms with Gasteiger partial charge in [-0.25, -0.2) is 0 Å². The molecule has 0 bridgehead atoms. The maximum atomic E-state index is 12.7. The van der Waals surface area contributed by atoms with Crippen LogP contribution in [0.2, 0.25) is 0 Å². The van der Waals surface area contributed by atoms with Crippen molar-refractivity contribution in [2.45, 2.75) is 13.0 Å². The van der Waals surface area contributed by atoms with Crippen molar-refractivity contribution in [2.75, 3.05) is 26.8 Å². The van der Waals surface area contributed by atoms with Crippen molar-refractivity contribution in [1.82, 2.24) is 10.1 Å². The number of amides is 1. The van der Waals surface area contributed by atoms with Gasteiger partial charge in [0.25, 0.3) is 5.91 Å². The quantitative estimate of drug-likeness (QED) is 0.904. The van der Waals surface area contributed by atoms with Crippen LogP contribution in [0.25, 0.3) is 11.3 Å². The van der Waals surface area contributed by atoms with Crippen LogP contribution in [0.15, 0.2) is 28.8 Å². The van der Waals surface area contributed by atoms with Crippen LogP contribution in [0.3, 0.4) is 0 Å². The van der Waals surface area contributed by atoms with E-state index in [4.69, 9.17) is 15.0 Å². The molecule has 0 fully saturated rings. The lowest BCUT2D eigenvalue weighted by Crippen LogP contribution is -2.39. The largest absolute Gasteiger partial charge is 0.383 e. The van der Waals surface area contributed by atoms with Crippen LogP contribution in [0, 0.1) is 0 Å². The molecular weight excluding hydrogens is 282 g/mol. The van der Waals surface area contributed by atoms with Crippen molar-refractivity contribution in [2.24, 2.45) is 5.73 Å². The maximum Gasteiger partial charge on any atom is 0.259 e. The molecule has 0 atom stereocenters. The van der Waals surface area contributed by atoms with Gasteiger partial charge in [0.05, 0.1) is 6.61 Å². The number of benzene rings is 1. The van der Waals surface area contributed by atoms with Crippen LogP contribution in [-0.4, -0.2) is 42.8 Å². The molecule has 0 saturated carbocycles. The van der Waals surface area contributed by atoms with Gasteiger partial charge in [0.1, 0.15) is 11.3 Å². The first-order valence-corrected chi connectivity index (χ1v) is 7.30. The summed E-state index contributed by atoms with van der Waals surface area (Å²) in [6.45, 7) is 2.17. The normalized spacial score (nSPS) is 14.3. The second-order valence-electron chi connectivity index (χ2n) is 5.27. The number of nitrogens with two attached hydrogens (primary N) is 1. The Hall–Kier alpha value is -2.18. The summed E-state index contributed by atoms with van der Waals surface area (Å²) in [7, 11) is 1.63. The summed E-state index contributed by atoms with van der Waals surface area (Å²) >= 11 is 0. The number of carbonyl (C=O) groups excluding carboxylic acids is 1. The molecule has 2 heterocycles. The van der Waals surface area contributed by atoms with Gasteiger partial charge in [0.2, 0.25) is 0 Å². The number of methoxy groups -OCH3 is 1. The molecule has 0 aliphatic carbocycles. The number of hydrogen-bond donors (Lipinski definition) is 1. The smallest absolute Gasteiger partial charge is 0.259 e. The fraction of sp³-hybridized carbons (Fsp3) is 0.375. The monoisotopic (exact) mass is 301 g/mol. The van der Waals surface area contributed by atoms with E-state index in [-0.39, 0.29) is 5.91 Å². The average molecular weight is 301 g/mol. The molecule has 1 aliphatic heterocycles. The standard InChI is InChI=1S/C16H19N3O3/c1-21-8-7-19-6-5-13-14(16(19)20)15(18-22-13)12-4-2-3-11(9-12)10-17/h2-4,9H,5-8,10,17H2,1H3. The minimum atomic E-state index is -0.0484. The molecule has 0 unspecified atom stereocenters. The summed E-state index contributed by atoms with van der Waals surface area (Å²) < 4.78 is 10.4. The summed E-state index contributed by atoms with van der Waals surface area (Å²) in [5, 5.41) is 4.11. The molecule has 1 aliphatic rings. The Morgan fingerprint density at radius 1 is 1.45 bits per heavy atom. The second kappa shape index (κ2) is 6.29. The Labute approximate surface area is 128 Å². The Bertz CT molecular complexity index is 681. The van der Waals surface area contributed by atoms with Crippen LogP contribution in [0.5, 0.6) is 0 Å². The van der Waals surface area contributed by atoms with Crippen LogP contribution in [0.1, 0.15) is 21.7 Å². The number of aromatic nitrogens is 1. The lowest BCUT2D eigenvalue weighted by molar-refractivity contribution is 0.0671. The summed E-state index contributed by atoms with van der Waals surface area (Å²) in [5.41, 5.74) is 8.69. The highest BCUT2D eigenvalue weighted by molar-refractivity contribution is 6.01. The van der Waals surface area contributed by atoms with E-state index in [1.165, 1.54) is 0 Å². The van der Waals surface area contributed by atoms with Crippen molar-refractivity contribution < 1.29 is 14.1 Å². The minimum Gasteiger partial charge on any atom is -0.383 e. The third-order valence-corrected chi connectivity index (χ3v) is 3.87. The minimum absolute atomic E-state index is 0.0484. The van der Waals surface area contributed by atoms with Crippen molar-refractivity contribution in [3.63, 3.8) is 0 Å². The Balaban J connectivity index is 1.96. The van der Waals surface area contributed by atoms with E-state index in [0.29, 0.717) is 49.7 Å². The van der Waals surface area contributed by atoms with Gasteiger partial charge < -0.3 is 19.9 Å². The van der Waals surface area contributed by atoms with Gasteiger partial charge in [-0.1, -0.05) is 23.4 Å². The fourth-order valence-corrected chi connectivity index (χ4v) is 2.67. The third kappa shape index (κ3) is 2.63. The number of carbonyl (C=O) groups is 1. The molecule has 6 heteroatoms. The van der Waals surface area contributed by atoms with E-state index in [1.54, 1.807) is 12.0 Å². The molecular formula is C16H19N3O3. The van der Waals surface area contributed by atoms with Gasteiger partial charge in [-0.3, -0.25) is 4.79 Å². The molecule has 2 aromatic rings. The SMILES string of the molecule is COCCN1CCc2onc(-c3cccc(CN)c3)c2C1=O. The maximum absolute atomic E-state index is 12.7. The summed E-state index contributed by atoms with van der Waals surface area (Å²) in [6.07, 6.45) is 0.675. The lowest BCUT2D eigenvalue weighted by atomic mass is 9.99. The van der Waals surface area contributed by atoms with E-state index in [0.717, 1.165) is 11.1 Å². The molecule has 6 nitrogen and oxygen atoms in total. The topological polar surface area (TPSA) is 81.6 Å². The van der Waals surface area contributed by atoms with Crippen LogP contribution < -0.4 is 5.73 Å². The highest BCUT2D eigenvalue weighted by Gasteiger charge is 2.31. The van der Waals surface area contributed by atoms with E-state index in [2.05, 4.69) is 5.16 Å². The van der Waals surface area contributed by atoms with Crippen molar-refractivity contribution in [3.05, 3.63) is 41.2 Å². The highest BCUT2D eigenvalue weighted by atomic mass is 16.5. The predicted octanol–water partition coefficient (Wildman–Crippen LogP) is 1.44. The van der Waals surface area contributed by atoms with Gasteiger partial charge in [0.15, 0.2) is 5.76 Å². The van der Waals surface area contributed by atoms with E-state index in [1.807, 2.05) is 24.3 Å². The summed E-state index contributed by atoms with van der Waals surface area (Å²) in [5.74, 6) is 0.611. The molecule has 22 heavy (non-hydrogen) atoms. The van der Waals surface area contributed by atoms with Crippen LogP contribution in [0.4, 0.5) is 0 Å². The Morgan fingerprint density at radius 2 is 2.32 bits per heavy atom. The number of hydrogen-bond acceptors (Lipinski definition) is 5.